The molecule has 152 valence electrons. The number of nitro benzene ring substituents is 1. The second-order valence-corrected chi connectivity index (χ2v) is 7.80. The first-order valence-electron chi connectivity index (χ1n) is 9.05. The van der Waals surface area contributed by atoms with Gasteiger partial charge in [0.1, 0.15) is 7.05 Å². The van der Waals surface area contributed by atoms with Crippen LogP contribution in [0, 0.1) is 21.4 Å². The highest BCUT2D eigenvalue weighted by molar-refractivity contribution is 8.03. The van der Waals surface area contributed by atoms with Gasteiger partial charge in [-0.1, -0.05) is 23.9 Å². The average molecular weight is 422 g/mol. The molecule has 0 saturated heterocycles. The first kappa shape index (κ1) is 21.1. The van der Waals surface area contributed by atoms with Crippen LogP contribution in [0.15, 0.2) is 65.1 Å². The Morgan fingerprint density at radius 1 is 1.37 bits per heavy atom. The van der Waals surface area contributed by atoms with Gasteiger partial charge in [-0.3, -0.25) is 14.9 Å². The maximum atomic E-state index is 11.3. The lowest BCUT2D eigenvalue weighted by Gasteiger charge is -2.30. The van der Waals surface area contributed by atoms with Crippen LogP contribution in [0.25, 0.3) is 5.57 Å². The molecule has 30 heavy (non-hydrogen) atoms. The number of carbonyl (C=O) groups is 1. The lowest BCUT2D eigenvalue weighted by Crippen LogP contribution is -2.27. The summed E-state index contributed by atoms with van der Waals surface area (Å²) in [4.78, 5) is 22.2. The number of aromatic nitrogens is 1. The predicted octanol–water partition coefficient (Wildman–Crippen LogP) is 2.49. The molecule has 0 spiro atoms. The molecular weight excluding hydrogens is 402 g/mol. The third-order valence-corrected chi connectivity index (χ3v) is 5.75. The zero-order valence-corrected chi connectivity index (χ0v) is 17.3. The number of dihydropyridines is 1. The van der Waals surface area contributed by atoms with E-state index in [0.29, 0.717) is 16.2 Å². The van der Waals surface area contributed by atoms with Gasteiger partial charge in [0.25, 0.3) is 5.69 Å². The predicted molar refractivity (Wildman–Crippen MR) is 113 cm³/mol. The van der Waals surface area contributed by atoms with Gasteiger partial charge in [-0.2, -0.15) is 5.26 Å². The quantitative estimate of drug-likeness (QED) is 0.418. The number of nitrogens with zero attached hydrogens (tertiary/aromatic N) is 3. The van der Waals surface area contributed by atoms with Gasteiger partial charge in [-0.05, 0) is 23.6 Å². The van der Waals surface area contributed by atoms with Crippen molar-refractivity contribution in [3.63, 3.8) is 0 Å². The lowest BCUT2D eigenvalue weighted by atomic mass is 9.79. The van der Waals surface area contributed by atoms with Gasteiger partial charge in [0.2, 0.25) is 5.91 Å². The summed E-state index contributed by atoms with van der Waals surface area (Å²) in [6.07, 6.45) is 3.79. The largest absolute Gasteiger partial charge is 0.369 e. The van der Waals surface area contributed by atoms with Crippen molar-refractivity contribution in [1.29, 1.82) is 5.26 Å². The monoisotopic (exact) mass is 422 g/mol. The molecule has 2 aromatic rings. The van der Waals surface area contributed by atoms with Crippen molar-refractivity contribution in [2.24, 2.45) is 12.8 Å². The number of primary amides is 1. The second kappa shape index (κ2) is 8.80. The molecule has 1 aliphatic heterocycles. The Morgan fingerprint density at radius 2 is 2.07 bits per heavy atom. The summed E-state index contributed by atoms with van der Waals surface area (Å²) < 4.78 is 1.90. The molecule has 1 unspecified atom stereocenters. The number of benzene rings is 1. The van der Waals surface area contributed by atoms with Crippen molar-refractivity contribution in [3.8, 4) is 6.07 Å². The normalized spacial score (nSPS) is 16.1. The van der Waals surface area contributed by atoms with E-state index in [9.17, 15) is 20.2 Å². The minimum Gasteiger partial charge on any atom is -0.369 e. The van der Waals surface area contributed by atoms with Crippen molar-refractivity contribution in [1.82, 2.24) is 5.32 Å². The topological polar surface area (TPSA) is 126 Å². The molecule has 2 heterocycles. The summed E-state index contributed by atoms with van der Waals surface area (Å²) in [6.45, 7) is 1.88. The molecule has 0 saturated carbocycles. The molecule has 3 rings (SSSR count). The number of amides is 1. The minimum atomic E-state index is -0.528. The molecule has 0 aliphatic carbocycles. The summed E-state index contributed by atoms with van der Waals surface area (Å²) in [5.74, 6) is -1.01. The van der Waals surface area contributed by atoms with E-state index in [-0.39, 0.29) is 11.4 Å². The van der Waals surface area contributed by atoms with Crippen LogP contribution in [-0.2, 0) is 11.8 Å². The highest BCUT2D eigenvalue weighted by Gasteiger charge is 2.32. The van der Waals surface area contributed by atoms with Crippen molar-refractivity contribution in [3.05, 3.63) is 86.3 Å². The smallest absolute Gasteiger partial charge is 0.269 e. The van der Waals surface area contributed by atoms with Gasteiger partial charge in [0.15, 0.2) is 12.4 Å². The van der Waals surface area contributed by atoms with E-state index in [0.717, 1.165) is 28.6 Å². The Kier molecular flexibility index (Phi) is 6.18. The number of hydrogen-bond donors (Lipinski definition) is 2. The number of rotatable bonds is 6. The SMILES string of the molecule is CC1=C(c2cc[n+](C)cc2)C(c2cccc([N+](=O)[O-])c2)C(C#N)=C(SCC(N)=O)N1. The maximum absolute atomic E-state index is 11.3. The number of nitrogens with one attached hydrogen (secondary N) is 1. The van der Waals surface area contributed by atoms with E-state index in [2.05, 4.69) is 11.4 Å². The van der Waals surface area contributed by atoms with Crippen molar-refractivity contribution >= 4 is 28.9 Å². The van der Waals surface area contributed by atoms with Gasteiger partial charge in [0.05, 0.1) is 27.3 Å². The zero-order chi connectivity index (χ0) is 21.8. The zero-order valence-electron chi connectivity index (χ0n) is 16.5. The number of thioether (sulfide) groups is 1. The summed E-state index contributed by atoms with van der Waals surface area (Å²) in [7, 11) is 1.90. The number of non-ortho nitro benzene ring substituents is 1. The van der Waals surface area contributed by atoms with E-state index in [1.54, 1.807) is 12.1 Å². The van der Waals surface area contributed by atoms with E-state index in [1.807, 2.05) is 43.1 Å². The molecule has 1 amide bonds. The van der Waals surface area contributed by atoms with E-state index in [4.69, 9.17) is 5.73 Å². The van der Waals surface area contributed by atoms with Crippen LogP contribution < -0.4 is 15.6 Å². The number of nitro groups is 1. The number of hydrogen-bond acceptors (Lipinski definition) is 6. The van der Waals surface area contributed by atoms with Crippen LogP contribution in [0.4, 0.5) is 5.69 Å². The Hall–Kier alpha value is -3.64. The van der Waals surface area contributed by atoms with Gasteiger partial charge in [-0.15, -0.1) is 0 Å². The fraction of sp³-hybridized carbons (Fsp3) is 0.190. The number of aryl methyl sites for hydroxylation is 1. The third-order valence-electron chi connectivity index (χ3n) is 4.71. The Morgan fingerprint density at radius 3 is 2.67 bits per heavy atom. The van der Waals surface area contributed by atoms with E-state index < -0.39 is 16.7 Å². The molecule has 3 N–H and O–H groups in total. The number of carbonyl (C=O) groups excluding carboxylic acids is 1. The van der Waals surface area contributed by atoms with Crippen LogP contribution in [0.1, 0.15) is 24.0 Å². The molecule has 9 heteroatoms. The van der Waals surface area contributed by atoms with Crippen LogP contribution in [-0.4, -0.2) is 16.6 Å². The summed E-state index contributed by atoms with van der Waals surface area (Å²) in [5, 5.41) is 25.1. The maximum Gasteiger partial charge on any atom is 0.269 e. The highest BCUT2D eigenvalue weighted by atomic mass is 32.2. The molecule has 1 aromatic heterocycles. The molecule has 1 aliphatic rings. The number of nitriles is 1. The van der Waals surface area contributed by atoms with Gasteiger partial charge in [0, 0.05) is 35.9 Å². The minimum absolute atomic E-state index is 0.0129. The molecule has 1 atom stereocenters. The molecule has 0 radical (unpaired) electrons. The van der Waals surface area contributed by atoms with Gasteiger partial charge >= 0.3 is 0 Å². The first-order chi connectivity index (χ1) is 14.3. The van der Waals surface area contributed by atoms with Gasteiger partial charge < -0.3 is 11.1 Å². The third kappa shape index (κ3) is 4.34. The summed E-state index contributed by atoms with van der Waals surface area (Å²) >= 11 is 1.15. The lowest BCUT2D eigenvalue weighted by molar-refractivity contribution is -0.671. The van der Waals surface area contributed by atoms with E-state index in [1.165, 1.54) is 12.1 Å². The van der Waals surface area contributed by atoms with Crippen LogP contribution in [0.5, 0.6) is 0 Å². The highest BCUT2D eigenvalue weighted by Crippen LogP contribution is 2.45. The second-order valence-electron chi connectivity index (χ2n) is 6.81. The summed E-state index contributed by atoms with van der Waals surface area (Å²) in [5.41, 5.74) is 8.77. The Labute approximate surface area is 177 Å². The average Bonchev–Trinajstić information content (AvgIpc) is 2.72. The Bertz CT molecular complexity index is 1120. The summed E-state index contributed by atoms with van der Waals surface area (Å²) in [6, 6.07) is 12.4. The molecular formula is C21H20N5O3S+. The molecule has 8 nitrogen and oxygen atoms in total. The number of nitrogens with two attached hydrogens (primary N) is 1. The van der Waals surface area contributed by atoms with Crippen molar-refractivity contribution < 1.29 is 14.3 Å². The molecule has 1 aromatic carbocycles. The van der Waals surface area contributed by atoms with Gasteiger partial charge in [-0.25, -0.2) is 4.57 Å². The van der Waals surface area contributed by atoms with Crippen molar-refractivity contribution in [2.45, 2.75) is 12.8 Å². The van der Waals surface area contributed by atoms with Crippen LogP contribution in [0.2, 0.25) is 0 Å². The Balaban J connectivity index is 2.21. The fourth-order valence-corrected chi connectivity index (χ4v) is 4.22. The fourth-order valence-electron chi connectivity index (χ4n) is 3.38. The molecule has 0 bridgehead atoms. The first-order valence-corrected chi connectivity index (χ1v) is 10.0. The van der Waals surface area contributed by atoms with E-state index >= 15 is 0 Å². The molecule has 0 fully saturated rings. The van der Waals surface area contributed by atoms with Crippen LogP contribution >= 0.6 is 11.8 Å². The standard InChI is InChI=1S/C21H19N5O3S/c1-13-19(14-6-8-25(2)9-7-14)20(15-4-3-5-16(10-15)26(28)29)17(11-22)21(24-13)30-12-18(23)27/h3-10,20H,12H2,1-2H3,(H2,23,27)/p+1. The van der Waals surface area contributed by atoms with Crippen LogP contribution in [0.3, 0.4) is 0 Å². The number of allylic oxidation sites excluding steroid dienone is 3. The van der Waals surface area contributed by atoms with Crippen molar-refractivity contribution in [2.75, 3.05) is 5.75 Å². The number of pyridine rings is 1.